The van der Waals surface area contributed by atoms with E-state index in [-0.39, 0.29) is 17.9 Å². The molecular weight excluding hydrogens is 246 g/mol. The van der Waals surface area contributed by atoms with Crippen LogP contribution in [0.4, 0.5) is 0 Å². The summed E-state index contributed by atoms with van der Waals surface area (Å²) in [7, 11) is 1.83. The molecule has 0 bridgehead atoms. The second-order valence-corrected chi connectivity index (χ2v) is 5.14. The summed E-state index contributed by atoms with van der Waals surface area (Å²) in [5.74, 6) is 0.130. The molecular formula is C13H23N3O3. The minimum atomic E-state index is 0.0644. The molecule has 2 fully saturated rings. The third kappa shape index (κ3) is 3.91. The van der Waals surface area contributed by atoms with Gasteiger partial charge in [-0.1, -0.05) is 0 Å². The topological polar surface area (TPSA) is 61.9 Å². The lowest BCUT2D eigenvalue weighted by Crippen LogP contribution is -2.42. The lowest BCUT2D eigenvalue weighted by atomic mass is 10.2. The lowest BCUT2D eigenvalue weighted by Gasteiger charge is -2.27. The predicted octanol–water partition coefficient (Wildman–Crippen LogP) is -0.554. The van der Waals surface area contributed by atoms with Crippen LogP contribution in [0.2, 0.25) is 0 Å². The summed E-state index contributed by atoms with van der Waals surface area (Å²) in [4.78, 5) is 27.5. The van der Waals surface area contributed by atoms with Crippen molar-refractivity contribution < 1.29 is 14.3 Å². The molecule has 0 aromatic carbocycles. The van der Waals surface area contributed by atoms with Crippen LogP contribution in [0.25, 0.3) is 0 Å². The molecule has 1 N–H and O–H groups in total. The van der Waals surface area contributed by atoms with E-state index in [0.29, 0.717) is 39.1 Å². The number of hydrogen-bond donors (Lipinski definition) is 1. The largest absolute Gasteiger partial charge is 0.378 e. The lowest BCUT2D eigenvalue weighted by molar-refractivity contribution is -0.139. The number of rotatable bonds is 4. The molecule has 6 nitrogen and oxygen atoms in total. The van der Waals surface area contributed by atoms with Gasteiger partial charge in [-0.2, -0.15) is 0 Å². The van der Waals surface area contributed by atoms with Gasteiger partial charge in [-0.15, -0.1) is 0 Å². The van der Waals surface area contributed by atoms with Gasteiger partial charge >= 0.3 is 0 Å². The van der Waals surface area contributed by atoms with E-state index in [1.807, 2.05) is 7.05 Å². The van der Waals surface area contributed by atoms with Gasteiger partial charge in [-0.3, -0.25) is 9.59 Å². The van der Waals surface area contributed by atoms with Crippen LogP contribution < -0.4 is 5.32 Å². The molecule has 0 saturated carbocycles. The van der Waals surface area contributed by atoms with Crippen LogP contribution >= 0.6 is 0 Å². The molecule has 0 aromatic rings. The zero-order chi connectivity index (χ0) is 13.7. The summed E-state index contributed by atoms with van der Waals surface area (Å²) >= 11 is 0. The van der Waals surface area contributed by atoms with Gasteiger partial charge in [-0.25, -0.2) is 0 Å². The zero-order valence-corrected chi connectivity index (χ0v) is 11.6. The van der Waals surface area contributed by atoms with E-state index in [1.165, 1.54) is 0 Å². The van der Waals surface area contributed by atoms with Crippen LogP contribution in [0.1, 0.15) is 19.3 Å². The van der Waals surface area contributed by atoms with Crippen molar-refractivity contribution in [3.05, 3.63) is 0 Å². The molecule has 0 aliphatic carbocycles. The Morgan fingerprint density at radius 1 is 1.32 bits per heavy atom. The molecule has 108 valence electrons. The molecule has 6 heteroatoms. The number of ether oxygens (including phenoxy) is 1. The molecule has 0 spiro atoms. The van der Waals surface area contributed by atoms with Crippen molar-refractivity contribution >= 4 is 11.8 Å². The highest BCUT2D eigenvalue weighted by Crippen LogP contribution is 2.10. The van der Waals surface area contributed by atoms with Crippen LogP contribution in [0.15, 0.2) is 0 Å². The van der Waals surface area contributed by atoms with Crippen LogP contribution in [0.3, 0.4) is 0 Å². The van der Waals surface area contributed by atoms with Gasteiger partial charge in [0.1, 0.15) is 0 Å². The number of morpholine rings is 1. The van der Waals surface area contributed by atoms with E-state index < -0.39 is 0 Å². The number of hydrogen-bond acceptors (Lipinski definition) is 4. The molecule has 2 saturated heterocycles. The molecule has 1 atom stereocenters. The first kappa shape index (κ1) is 14.3. The first-order valence-electron chi connectivity index (χ1n) is 7.00. The van der Waals surface area contributed by atoms with Crippen molar-refractivity contribution in [2.45, 2.75) is 25.3 Å². The van der Waals surface area contributed by atoms with Gasteiger partial charge in [0.25, 0.3) is 0 Å². The van der Waals surface area contributed by atoms with Crippen LogP contribution in [-0.2, 0) is 14.3 Å². The fraction of sp³-hybridized carbons (Fsp3) is 0.846. The maximum Gasteiger partial charge on any atom is 0.223 e. The van der Waals surface area contributed by atoms with Gasteiger partial charge < -0.3 is 19.9 Å². The Kier molecular flexibility index (Phi) is 5.15. The fourth-order valence-electron chi connectivity index (χ4n) is 2.53. The third-order valence-electron chi connectivity index (χ3n) is 3.89. The Balaban J connectivity index is 1.71. The van der Waals surface area contributed by atoms with Crippen molar-refractivity contribution in [1.82, 2.24) is 15.1 Å². The maximum absolute atomic E-state index is 12.0. The summed E-state index contributed by atoms with van der Waals surface area (Å²) in [5.41, 5.74) is 0. The Bertz CT molecular complexity index is 323. The highest BCUT2D eigenvalue weighted by atomic mass is 16.5. The molecule has 2 rings (SSSR count). The Morgan fingerprint density at radius 2 is 2.05 bits per heavy atom. The smallest absolute Gasteiger partial charge is 0.223 e. The first-order chi connectivity index (χ1) is 9.18. The maximum atomic E-state index is 12.0. The normalized spacial score (nSPS) is 23.4. The average molecular weight is 269 g/mol. The average Bonchev–Trinajstić information content (AvgIpc) is 2.98. The number of nitrogens with one attached hydrogen (secondary N) is 1. The minimum absolute atomic E-state index is 0.0644. The Hall–Kier alpha value is -1.14. The van der Waals surface area contributed by atoms with Gasteiger partial charge in [0, 0.05) is 45.6 Å². The summed E-state index contributed by atoms with van der Waals surface area (Å²) in [6.45, 7) is 4.33. The highest BCUT2D eigenvalue weighted by Gasteiger charge is 2.24. The Labute approximate surface area is 114 Å². The van der Waals surface area contributed by atoms with Crippen molar-refractivity contribution in [3.8, 4) is 0 Å². The monoisotopic (exact) mass is 269 g/mol. The molecule has 2 aliphatic heterocycles. The molecule has 1 unspecified atom stereocenters. The predicted molar refractivity (Wildman–Crippen MR) is 70.7 cm³/mol. The van der Waals surface area contributed by atoms with Gasteiger partial charge in [-0.05, 0) is 13.0 Å². The number of nitrogens with zero attached hydrogens (tertiary/aromatic N) is 2. The van der Waals surface area contributed by atoms with E-state index in [9.17, 15) is 9.59 Å². The molecule has 2 aliphatic rings. The summed E-state index contributed by atoms with van der Waals surface area (Å²) in [6.07, 6.45) is 1.62. The number of likely N-dealkylation sites (N-methyl/N-ethyl adjacent to an activating group) is 1. The molecule has 2 amide bonds. The van der Waals surface area contributed by atoms with Crippen molar-refractivity contribution in [1.29, 1.82) is 0 Å². The highest BCUT2D eigenvalue weighted by molar-refractivity contribution is 5.84. The van der Waals surface area contributed by atoms with E-state index in [1.54, 1.807) is 9.80 Å². The second kappa shape index (κ2) is 6.86. The van der Waals surface area contributed by atoms with Crippen LogP contribution in [-0.4, -0.2) is 74.1 Å². The quantitative estimate of drug-likeness (QED) is 0.743. The standard InChI is InChI=1S/C13H23N3O3/c1-15(11-4-5-14-10-11)12(17)2-3-13(18)16-6-8-19-9-7-16/h11,14H,2-10H2,1H3. The molecule has 0 radical (unpaired) electrons. The SMILES string of the molecule is CN(C(=O)CCC(=O)N1CCOCC1)C1CCNC1. The zero-order valence-electron chi connectivity index (χ0n) is 11.6. The molecule has 19 heavy (non-hydrogen) atoms. The van der Waals surface area contributed by atoms with Gasteiger partial charge in [0.05, 0.1) is 13.2 Å². The summed E-state index contributed by atoms with van der Waals surface area (Å²) in [5, 5.41) is 3.24. The van der Waals surface area contributed by atoms with Gasteiger partial charge in [0.2, 0.25) is 11.8 Å². The number of carbonyl (C=O) groups excluding carboxylic acids is 2. The molecule has 0 aromatic heterocycles. The van der Waals surface area contributed by atoms with Crippen molar-refractivity contribution in [2.75, 3.05) is 46.4 Å². The molecule has 2 heterocycles. The van der Waals surface area contributed by atoms with Crippen LogP contribution in [0.5, 0.6) is 0 Å². The van der Waals surface area contributed by atoms with E-state index in [4.69, 9.17) is 4.74 Å². The number of carbonyl (C=O) groups is 2. The summed E-state index contributed by atoms with van der Waals surface area (Å²) < 4.78 is 5.21. The van der Waals surface area contributed by atoms with E-state index in [2.05, 4.69) is 5.32 Å². The fourth-order valence-corrected chi connectivity index (χ4v) is 2.53. The van der Waals surface area contributed by atoms with Crippen molar-refractivity contribution in [2.24, 2.45) is 0 Å². The van der Waals surface area contributed by atoms with Crippen LogP contribution in [0, 0.1) is 0 Å². The first-order valence-corrected chi connectivity index (χ1v) is 7.00. The third-order valence-corrected chi connectivity index (χ3v) is 3.89. The number of amides is 2. The van der Waals surface area contributed by atoms with Crippen molar-refractivity contribution in [3.63, 3.8) is 0 Å². The summed E-state index contributed by atoms with van der Waals surface area (Å²) in [6, 6.07) is 0.283. The Morgan fingerprint density at radius 3 is 2.68 bits per heavy atom. The van der Waals surface area contributed by atoms with E-state index >= 15 is 0 Å². The minimum Gasteiger partial charge on any atom is -0.378 e. The van der Waals surface area contributed by atoms with E-state index in [0.717, 1.165) is 19.5 Å². The van der Waals surface area contributed by atoms with Gasteiger partial charge in [0.15, 0.2) is 0 Å². The second-order valence-electron chi connectivity index (χ2n) is 5.14.